The molecule has 1 atom stereocenters. The van der Waals surface area contributed by atoms with E-state index >= 15 is 0 Å². The first-order chi connectivity index (χ1) is 13.0. The van der Waals surface area contributed by atoms with Crippen molar-refractivity contribution in [3.63, 3.8) is 0 Å². The summed E-state index contributed by atoms with van der Waals surface area (Å²) in [6.45, 7) is 2.58. The van der Waals surface area contributed by atoms with Crippen molar-refractivity contribution in [1.29, 1.82) is 0 Å². The third kappa shape index (κ3) is 4.51. The largest absolute Gasteiger partial charge is 0.454 e. The first kappa shape index (κ1) is 19.0. The van der Waals surface area contributed by atoms with Crippen LogP contribution >= 0.6 is 12.2 Å². The van der Waals surface area contributed by atoms with Crippen LogP contribution in [0.15, 0.2) is 28.7 Å². The molecular weight excluding hydrogens is 372 g/mol. The maximum atomic E-state index is 12.8. The second kappa shape index (κ2) is 8.30. The van der Waals surface area contributed by atoms with Gasteiger partial charge in [-0.3, -0.25) is 19.3 Å². The second-order valence-electron chi connectivity index (χ2n) is 6.17. The molecule has 0 saturated carbocycles. The standard InChI is InChI=1S/C17H20N4O5S/c1-10(22)18-4-5-19-15(23)3-2-6-21-16(24)11-7-13-14(26-9-25-13)8-12(11)20-17(21)27/h7-8,11H,2-6,9H2,1H3,(H,18,22)(H,19,23). The molecule has 0 radical (unpaired) electrons. The number of fused-ring (bicyclic) bond motifs is 2. The molecule has 0 aromatic carbocycles. The molecule has 2 N–H and O–H groups in total. The highest BCUT2D eigenvalue weighted by Gasteiger charge is 2.38. The lowest BCUT2D eigenvalue weighted by atomic mass is 9.94. The Balaban J connectivity index is 1.49. The van der Waals surface area contributed by atoms with Crippen molar-refractivity contribution in [2.75, 3.05) is 26.4 Å². The smallest absolute Gasteiger partial charge is 0.241 e. The van der Waals surface area contributed by atoms with Gasteiger partial charge in [0.25, 0.3) is 0 Å². The number of aliphatic imine (C=N–C) groups is 1. The number of carbonyl (C=O) groups is 3. The fourth-order valence-electron chi connectivity index (χ4n) is 2.87. The number of thiocarbonyl (C=S) groups is 1. The van der Waals surface area contributed by atoms with Gasteiger partial charge in [0.05, 0.1) is 5.71 Å². The Morgan fingerprint density at radius 3 is 2.81 bits per heavy atom. The number of hydrogen-bond donors (Lipinski definition) is 2. The van der Waals surface area contributed by atoms with Crippen molar-refractivity contribution in [2.24, 2.45) is 10.9 Å². The summed E-state index contributed by atoms with van der Waals surface area (Å²) in [7, 11) is 0. The first-order valence-corrected chi connectivity index (χ1v) is 9.01. The van der Waals surface area contributed by atoms with Crippen LogP contribution in [0.5, 0.6) is 0 Å². The van der Waals surface area contributed by atoms with Gasteiger partial charge in [0, 0.05) is 39.1 Å². The maximum Gasteiger partial charge on any atom is 0.241 e. The molecule has 1 unspecified atom stereocenters. The lowest BCUT2D eigenvalue weighted by Crippen LogP contribution is -2.46. The average Bonchev–Trinajstić information content (AvgIpc) is 3.07. The van der Waals surface area contributed by atoms with Crippen molar-refractivity contribution in [3.8, 4) is 0 Å². The normalized spacial score (nSPS) is 20.4. The van der Waals surface area contributed by atoms with E-state index in [-0.39, 0.29) is 36.0 Å². The topological polar surface area (TPSA) is 109 Å². The van der Waals surface area contributed by atoms with Crippen LogP contribution in [-0.2, 0) is 23.9 Å². The number of nitrogens with zero attached hydrogens (tertiary/aromatic N) is 2. The molecule has 10 heteroatoms. The van der Waals surface area contributed by atoms with E-state index in [9.17, 15) is 14.4 Å². The van der Waals surface area contributed by atoms with Gasteiger partial charge in [0.2, 0.25) is 29.6 Å². The van der Waals surface area contributed by atoms with Gasteiger partial charge in [0.15, 0.2) is 11.5 Å². The lowest BCUT2D eigenvalue weighted by molar-refractivity contribution is -0.129. The van der Waals surface area contributed by atoms with Crippen LogP contribution in [-0.4, -0.2) is 59.9 Å². The molecule has 0 bridgehead atoms. The Kier molecular flexibility index (Phi) is 5.84. The van der Waals surface area contributed by atoms with Gasteiger partial charge in [-0.1, -0.05) is 0 Å². The van der Waals surface area contributed by atoms with E-state index in [2.05, 4.69) is 15.6 Å². The molecule has 3 amide bonds. The fourth-order valence-corrected chi connectivity index (χ4v) is 3.15. The van der Waals surface area contributed by atoms with E-state index in [4.69, 9.17) is 21.7 Å². The third-order valence-electron chi connectivity index (χ3n) is 4.18. The van der Waals surface area contributed by atoms with Crippen LogP contribution in [0.2, 0.25) is 0 Å². The minimum absolute atomic E-state index is 0.122. The van der Waals surface area contributed by atoms with E-state index in [0.717, 1.165) is 0 Å². The Labute approximate surface area is 161 Å². The fraction of sp³-hybridized carbons (Fsp3) is 0.471. The summed E-state index contributed by atoms with van der Waals surface area (Å²) in [6, 6.07) is 0. The van der Waals surface area contributed by atoms with Gasteiger partial charge >= 0.3 is 0 Å². The number of allylic oxidation sites excluding steroid dienone is 1. The predicted molar refractivity (Wildman–Crippen MR) is 99.4 cm³/mol. The zero-order chi connectivity index (χ0) is 19.4. The van der Waals surface area contributed by atoms with E-state index in [1.54, 1.807) is 12.2 Å². The molecule has 9 nitrogen and oxygen atoms in total. The summed E-state index contributed by atoms with van der Waals surface area (Å²) in [6.07, 6.45) is 4.06. The minimum Gasteiger partial charge on any atom is -0.454 e. The number of nitrogens with one attached hydrogen (secondary N) is 2. The summed E-state index contributed by atoms with van der Waals surface area (Å²) in [4.78, 5) is 41.1. The van der Waals surface area contributed by atoms with Gasteiger partial charge in [-0.2, -0.15) is 0 Å². The molecule has 0 aromatic rings. The summed E-state index contributed by atoms with van der Waals surface area (Å²) >= 11 is 5.24. The zero-order valence-corrected chi connectivity index (χ0v) is 15.6. The summed E-state index contributed by atoms with van der Waals surface area (Å²) < 4.78 is 10.6. The van der Waals surface area contributed by atoms with Crippen LogP contribution in [0, 0.1) is 5.92 Å². The van der Waals surface area contributed by atoms with E-state index in [1.807, 2.05) is 0 Å². The van der Waals surface area contributed by atoms with Crippen LogP contribution < -0.4 is 10.6 Å². The van der Waals surface area contributed by atoms with Gasteiger partial charge in [0.1, 0.15) is 5.92 Å². The van der Waals surface area contributed by atoms with Gasteiger partial charge in [-0.05, 0) is 24.7 Å². The summed E-state index contributed by atoms with van der Waals surface area (Å²) in [5, 5.41) is 5.48. The van der Waals surface area contributed by atoms with E-state index in [1.165, 1.54) is 11.8 Å². The maximum absolute atomic E-state index is 12.8. The molecule has 144 valence electrons. The molecule has 1 saturated heterocycles. The monoisotopic (exact) mass is 392 g/mol. The Hall–Kier alpha value is -2.75. The molecule has 1 aliphatic carbocycles. The molecule has 27 heavy (non-hydrogen) atoms. The van der Waals surface area contributed by atoms with Crippen LogP contribution in [0.1, 0.15) is 19.8 Å². The minimum atomic E-state index is -0.552. The number of ether oxygens (including phenoxy) is 2. The summed E-state index contributed by atoms with van der Waals surface area (Å²) in [5.74, 6) is 0.0703. The SMILES string of the molecule is CC(=O)NCCNC(=O)CCCN1C(=O)C2C=C3OCOC3=CC2=NC1=S. The van der Waals surface area contributed by atoms with Crippen molar-refractivity contribution in [1.82, 2.24) is 15.5 Å². The Morgan fingerprint density at radius 1 is 1.30 bits per heavy atom. The second-order valence-corrected chi connectivity index (χ2v) is 6.53. The predicted octanol–water partition coefficient (Wildman–Crippen LogP) is -0.0111. The molecule has 1 fully saturated rings. The van der Waals surface area contributed by atoms with Gasteiger partial charge < -0.3 is 20.1 Å². The van der Waals surface area contributed by atoms with E-state index < -0.39 is 5.92 Å². The molecule has 3 rings (SSSR count). The quantitative estimate of drug-likeness (QED) is 0.466. The van der Waals surface area contributed by atoms with E-state index in [0.29, 0.717) is 43.3 Å². The van der Waals surface area contributed by atoms with Gasteiger partial charge in [-0.15, -0.1) is 0 Å². The Bertz CT molecular complexity index is 773. The van der Waals surface area contributed by atoms with Crippen molar-refractivity contribution in [2.45, 2.75) is 19.8 Å². The van der Waals surface area contributed by atoms with Crippen LogP contribution in [0.4, 0.5) is 0 Å². The first-order valence-electron chi connectivity index (χ1n) is 8.60. The van der Waals surface area contributed by atoms with Crippen molar-refractivity contribution >= 4 is 40.8 Å². The lowest BCUT2D eigenvalue weighted by Gasteiger charge is -2.30. The number of carbonyl (C=O) groups excluding carboxylic acids is 3. The highest BCUT2D eigenvalue weighted by molar-refractivity contribution is 7.80. The molecule has 0 spiro atoms. The molecule has 2 heterocycles. The highest BCUT2D eigenvalue weighted by Crippen LogP contribution is 2.31. The highest BCUT2D eigenvalue weighted by atomic mass is 32.1. The van der Waals surface area contributed by atoms with Crippen LogP contribution in [0.3, 0.4) is 0 Å². The average molecular weight is 392 g/mol. The van der Waals surface area contributed by atoms with Crippen LogP contribution in [0.25, 0.3) is 0 Å². The molecule has 0 aromatic heterocycles. The zero-order valence-electron chi connectivity index (χ0n) is 14.8. The number of rotatable bonds is 7. The third-order valence-corrected chi connectivity index (χ3v) is 4.49. The van der Waals surface area contributed by atoms with Crippen molar-refractivity contribution in [3.05, 3.63) is 23.7 Å². The van der Waals surface area contributed by atoms with Crippen molar-refractivity contribution < 1.29 is 23.9 Å². The molecule has 2 aliphatic heterocycles. The molecular formula is C17H20N4O5S. The Morgan fingerprint density at radius 2 is 2.04 bits per heavy atom. The van der Waals surface area contributed by atoms with Gasteiger partial charge in [-0.25, -0.2) is 4.99 Å². The molecule has 3 aliphatic rings. The summed E-state index contributed by atoms with van der Waals surface area (Å²) in [5.41, 5.74) is 0.543. The number of hydrogen-bond acceptors (Lipinski definition) is 6. The number of amides is 3.